The molecule has 2 rings (SSSR count). The number of aryl methyl sites for hydroxylation is 1. The molecule has 0 spiro atoms. The van der Waals surface area contributed by atoms with Crippen LogP contribution >= 0.6 is 11.3 Å². The molecule has 0 aliphatic carbocycles. The van der Waals surface area contributed by atoms with Gasteiger partial charge in [-0.3, -0.25) is 10.1 Å². The minimum Gasteiger partial charge on any atom is -0.483 e. The first-order valence-corrected chi connectivity index (χ1v) is 11.3. The maximum absolute atomic E-state index is 12.1. The van der Waals surface area contributed by atoms with Crippen LogP contribution in [0.5, 0.6) is 5.75 Å². The lowest BCUT2D eigenvalue weighted by atomic mass is 10.0. The lowest BCUT2D eigenvalue weighted by Gasteiger charge is -2.14. The van der Waals surface area contributed by atoms with Gasteiger partial charge in [-0.15, -0.1) is 10.2 Å². The van der Waals surface area contributed by atoms with E-state index in [1.165, 1.54) is 0 Å². The highest BCUT2D eigenvalue weighted by Crippen LogP contribution is 2.27. The van der Waals surface area contributed by atoms with E-state index in [1.807, 2.05) is 32.0 Å². The molecule has 0 radical (unpaired) electrons. The summed E-state index contributed by atoms with van der Waals surface area (Å²) >= 11 is 0.853. The van der Waals surface area contributed by atoms with E-state index in [0.717, 1.165) is 28.9 Å². The molecular formula is C18H25N3O4S2. The minimum atomic E-state index is -3.45. The first kappa shape index (κ1) is 21.3. The zero-order valence-electron chi connectivity index (χ0n) is 16.0. The summed E-state index contributed by atoms with van der Waals surface area (Å²) in [5.74, 6) is 0.545. The number of amides is 1. The fraction of sp³-hybridized carbons (Fsp3) is 0.500. The first-order valence-electron chi connectivity index (χ1n) is 8.82. The Morgan fingerprint density at radius 1 is 1.30 bits per heavy atom. The van der Waals surface area contributed by atoms with Gasteiger partial charge in [0.05, 0.1) is 5.75 Å². The van der Waals surface area contributed by atoms with Crippen LogP contribution in [0, 0.1) is 6.92 Å². The van der Waals surface area contributed by atoms with Gasteiger partial charge in [0.2, 0.25) is 19.3 Å². The monoisotopic (exact) mass is 411 g/mol. The van der Waals surface area contributed by atoms with E-state index in [0.29, 0.717) is 12.2 Å². The molecule has 9 heteroatoms. The Bertz CT molecular complexity index is 892. The Hall–Kier alpha value is -2.00. The average Bonchev–Trinajstić information content (AvgIpc) is 3.07. The molecule has 7 nitrogen and oxygen atoms in total. The minimum absolute atomic E-state index is 0.0283. The normalized spacial score (nSPS) is 11.6. The Balaban J connectivity index is 1.99. The third-order valence-corrected chi connectivity index (χ3v) is 6.92. The van der Waals surface area contributed by atoms with E-state index in [-0.39, 0.29) is 27.7 Å². The summed E-state index contributed by atoms with van der Waals surface area (Å²) in [4.78, 5) is 12.1. The van der Waals surface area contributed by atoms with Crippen LogP contribution in [0.25, 0.3) is 0 Å². The molecular weight excluding hydrogens is 386 g/mol. The standard InChI is InChI=1S/C18H25N3O4S2/c1-5-6-9-27(23,24)18-21-20-17(26-18)19-16(22)11-25-15-10-13(4)7-8-14(15)12(2)3/h7-8,10,12H,5-6,9,11H2,1-4H3,(H,19,20,22). The van der Waals surface area contributed by atoms with Crippen LogP contribution in [0.1, 0.15) is 50.7 Å². The highest BCUT2D eigenvalue weighted by atomic mass is 32.2. The summed E-state index contributed by atoms with van der Waals surface area (Å²) in [5.41, 5.74) is 2.06. The van der Waals surface area contributed by atoms with Crippen molar-refractivity contribution in [1.29, 1.82) is 0 Å². The van der Waals surface area contributed by atoms with Crippen molar-refractivity contribution in [1.82, 2.24) is 10.2 Å². The van der Waals surface area contributed by atoms with Gasteiger partial charge in [-0.2, -0.15) is 0 Å². The Morgan fingerprint density at radius 3 is 2.70 bits per heavy atom. The van der Waals surface area contributed by atoms with Crippen molar-refractivity contribution in [2.75, 3.05) is 17.7 Å². The Labute approximate surface area is 164 Å². The van der Waals surface area contributed by atoms with Crippen LogP contribution in [0.15, 0.2) is 22.5 Å². The molecule has 1 heterocycles. The Morgan fingerprint density at radius 2 is 2.04 bits per heavy atom. The van der Waals surface area contributed by atoms with Crippen molar-refractivity contribution in [3.8, 4) is 5.75 Å². The van der Waals surface area contributed by atoms with Gasteiger partial charge in [-0.1, -0.05) is 50.7 Å². The molecule has 148 valence electrons. The zero-order chi connectivity index (χ0) is 20.0. The number of carbonyl (C=O) groups is 1. The van der Waals surface area contributed by atoms with Crippen molar-refractivity contribution < 1.29 is 17.9 Å². The van der Waals surface area contributed by atoms with Gasteiger partial charge in [0.15, 0.2) is 6.61 Å². The van der Waals surface area contributed by atoms with Crippen molar-refractivity contribution in [2.45, 2.75) is 50.8 Å². The maximum atomic E-state index is 12.1. The van der Waals surface area contributed by atoms with Crippen LogP contribution in [0.4, 0.5) is 5.13 Å². The largest absolute Gasteiger partial charge is 0.483 e. The first-order chi connectivity index (χ1) is 12.7. The number of rotatable bonds is 9. The summed E-state index contributed by atoms with van der Waals surface area (Å²) in [5, 5.41) is 10.1. The highest BCUT2D eigenvalue weighted by Gasteiger charge is 2.20. The Kier molecular flexibility index (Phi) is 7.32. The van der Waals surface area contributed by atoms with Gasteiger partial charge in [-0.25, -0.2) is 8.42 Å². The molecule has 0 fully saturated rings. The lowest BCUT2D eigenvalue weighted by molar-refractivity contribution is -0.118. The highest BCUT2D eigenvalue weighted by molar-refractivity contribution is 7.93. The molecule has 0 aliphatic heterocycles. The number of ether oxygens (including phenoxy) is 1. The zero-order valence-corrected chi connectivity index (χ0v) is 17.6. The fourth-order valence-electron chi connectivity index (χ4n) is 2.35. The van der Waals surface area contributed by atoms with Crippen LogP contribution < -0.4 is 10.1 Å². The van der Waals surface area contributed by atoms with E-state index in [9.17, 15) is 13.2 Å². The van der Waals surface area contributed by atoms with Crippen molar-refractivity contribution in [3.63, 3.8) is 0 Å². The molecule has 0 saturated carbocycles. The van der Waals surface area contributed by atoms with Crippen LogP contribution in [-0.4, -0.2) is 36.9 Å². The molecule has 0 bridgehead atoms. The van der Waals surface area contributed by atoms with Gasteiger partial charge in [0.25, 0.3) is 5.91 Å². The summed E-state index contributed by atoms with van der Waals surface area (Å²) < 4.78 is 29.8. The molecule has 0 aliphatic rings. The summed E-state index contributed by atoms with van der Waals surface area (Å²) in [6, 6.07) is 5.89. The number of carbonyl (C=O) groups excluding carboxylic acids is 1. The molecule has 2 aromatic rings. The number of benzene rings is 1. The number of sulfone groups is 1. The molecule has 1 aromatic heterocycles. The second kappa shape index (κ2) is 9.27. The molecule has 0 atom stereocenters. The number of hydrogen-bond acceptors (Lipinski definition) is 7. The maximum Gasteiger partial charge on any atom is 0.264 e. The molecule has 0 unspecified atom stereocenters. The third-order valence-electron chi connectivity index (χ3n) is 3.84. The number of unbranched alkanes of at least 4 members (excludes halogenated alkanes) is 1. The smallest absolute Gasteiger partial charge is 0.264 e. The third kappa shape index (κ3) is 6.00. The number of anilines is 1. The molecule has 27 heavy (non-hydrogen) atoms. The summed E-state index contributed by atoms with van der Waals surface area (Å²) in [7, 11) is -3.45. The van der Waals surface area contributed by atoms with Gasteiger partial charge >= 0.3 is 0 Å². The fourth-order valence-corrected chi connectivity index (χ4v) is 4.85. The predicted molar refractivity (Wildman–Crippen MR) is 106 cm³/mol. The number of hydrogen-bond donors (Lipinski definition) is 1. The van der Waals surface area contributed by atoms with Gasteiger partial charge in [0.1, 0.15) is 5.75 Å². The number of aromatic nitrogens is 2. The average molecular weight is 412 g/mol. The second-order valence-corrected chi connectivity index (χ2v) is 9.84. The molecule has 0 saturated heterocycles. The number of nitrogens with zero attached hydrogens (tertiary/aromatic N) is 2. The SMILES string of the molecule is CCCCS(=O)(=O)c1nnc(NC(=O)COc2cc(C)ccc2C(C)C)s1. The van der Waals surface area contributed by atoms with E-state index in [1.54, 1.807) is 0 Å². The quantitative estimate of drug-likeness (QED) is 0.634. The van der Waals surface area contributed by atoms with Crippen molar-refractivity contribution in [2.24, 2.45) is 0 Å². The van der Waals surface area contributed by atoms with E-state index < -0.39 is 15.7 Å². The topological polar surface area (TPSA) is 98.3 Å². The van der Waals surface area contributed by atoms with Gasteiger partial charge < -0.3 is 4.74 Å². The lowest BCUT2D eigenvalue weighted by Crippen LogP contribution is -2.20. The summed E-state index contributed by atoms with van der Waals surface area (Å²) in [6.07, 6.45) is 1.34. The molecule has 1 aromatic carbocycles. The van der Waals surface area contributed by atoms with Crippen LogP contribution in [0.3, 0.4) is 0 Å². The van der Waals surface area contributed by atoms with Crippen LogP contribution in [-0.2, 0) is 14.6 Å². The van der Waals surface area contributed by atoms with Crippen molar-refractivity contribution in [3.05, 3.63) is 29.3 Å². The molecule has 1 amide bonds. The second-order valence-electron chi connectivity index (χ2n) is 6.58. The van der Waals surface area contributed by atoms with Gasteiger partial charge in [0, 0.05) is 0 Å². The predicted octanol–water partition coefficient (Wildman–Crippen LogP) is 3.56. The van der Waals surface area contributed by atoms with Crippen LogP contribution in [0.2, 0.25) is 0 Å². The molecule has 1 N–H and O–H groups in total. The van der Waals surface area contributed by atoms with Gasteiger partial charge in [-0.05, 0) is 36.5 Å². The van der Waals surface area contributed by atoms with E-state index in [4.69, 9.17) is 4.74 Å². The number of nitrogens with one attached hydrogen (secondary N) is 1. The van der Waals surface area contributed by atoms with E-state index >= 15 is 0 Å². The van der Waals surface area contributed by atoms with E-state index in [2.05, 4.69) is 29.4 Å². The van der Waals surface area contributed by atoms with Crippen molar-refractivity contribution >= 4 is 32.2 Å². The summed E-state index contributed by atoms with van der Waals surface area (Å²) in [6.45, 7) is 7.79.